The van der Waals surface area contributed by atoms with Gasteiger partial charge in [0.15, 0.2) is 6.10 Å². The zero-order chi connectivity index (χ0) is 17.7. The molecule has 0 bridgehead atoms. The fourth-order valence-corrected chi connectivity index (χ4v) is 0.713. The highest BCUT2D eigenvalue weighted by molar-refractivity contribution is 5.46. The average molecular weight is 308 g/mol. The number of hydrogen-bond donors (Lipinski definition) is 2. The third-order valence-corrected chi connectivity index (χ3v) is 1.63. The van der Waals surface area contributed by atoms with Crippen molar-refractivity contribution in [3.63, 3.8) is 0 Å². The van der Waals surface area contributed by atoms with Gasteiger partial charge in [-0.15, -0.1) is 6.42 Å². The molecule has 0 heterocycles. The van der Waals surface area contributed by atoms with Crippen molar-refractivity contribution in [2.45, 2.75) is 6.10 Å². The van der Waals surface area contributed by atoms with E-state index >= 15 is 0 Å². The van der Waals surface area contributed by atoms with E-state index in [-0.39, 0.29) is 13.2 Å². The van der Waals surface area contributed by atoms with Gasteiger partial charge < -0.3 is 14.9 Å². The first-order valence-electron chi connectivity index (χ1n) is 6.18. The third kappa shape index (κ3) is 14.2. The average Bonchev–Trinajstić information content (AvgIpc) is 2.61. The molecule has 0 unspecified atom stereocenters. The van der Waals surface area contributed by atoms with Crippen molar-refractivity contribution in [1.29, 1.82) is 0 Å². The molecule has 110 valence electrons. The van der Waals surface area contributed by atoms with Crippen LogP contribution in [0.4, 0.5) is 0 Å². The van der Waals surface area contributed by atoms with E-state index in [0.29, 0.717) is 0 Å². The Kier molecular flexibility index (Phi) is 13.8. The van der Waals surface area contributed by atoms with E-state index in [1.807, 2.05) is 0 Å². The van der Waals surface area contributed by atoms with E-state index in [1.54, 1.807) is 0 Å². The molecule has 0 aliphatic carbocycles. The third-order valence-electron chi connectivity index (χ3n) is 1.63. The van der Waals surface area contributed by atoms with Gasteiger partial charge in [-0.2, -0.15) is 0 Å². The highest BCUT2D eigenvalue weighted by atomic mass is 16.5. The molecule has 2 N–H and O–H groups in total. The number of rotatable bonds is 3. The van der Waals surface area contributed by atoms with Crippen molar-refractivity contribution in [2.75, 3.05) is 13.2 Å². The molecule has 0 spiro atoms. The van der Waals surface area contributed by atoms with Gasteiger partial charge in [0, 0.05) is 47.4 Å². The molecule has 0 aromatic carbocycles. The predicted octanol–water partition coefficient (Wildman–Crippen LogP) is -1.03. The summed E-state index contributed by atoms with van der Waals surface area (Å²) < 4.78 is 4.76. The van der Waals surface area contributed by atoms with Gasteiger partial charge in [0.2, 0.25) is 0 Å². The lowest BCUT2D eigenvalue weighted by Gasteiger charge is -2.05. The van der Waals surface area contributed by atoms with Gasteiger partial charge >= 0.3 is 0 Å². The maximum absolute atomic E-state index is 8.70. The van der Waals surface area contributed by atoms with Gasteiger partial charge in [-0.3, -0.25) is 0 Å². The van der Waals surface area contributed by atoms with Gasteiger partial charge in [-0.05, 0) is 47.4 Å². The lowest BCUT2D eigenvalue weighted by Crippen LogP contribution is -2.19. The number of aliphatic hydroxyl groups excluding tert-OH is 2. The van der Waals surface area contributed by atoms with Crippen molar-refractivity contribution >= 4 is 0 Å². The number of hydrogen-bond acceptors (Lipinski definition) is 3. The van der Waals surface area contributed by atoms with E-state index in [4.69, 9.17) is 21.4 Å². The Hall–Kier alpha value is -4.24. The largest absolute Gasteiger partial charge is 0.438 e. The molecule has 0 aromatic heterocycles. The first-order valence-corrected chi connectivity index (χ1v) is 6.18. The quantitative estimate of drug-likeness (QED) is 0.656. The molecule has 0 atom stereocenters. The Bertz CT molecular complexity index is 959. The van der Waals surface area contributed by atoms with Crippen LogP contribution < -0.4 is 0 Å². The van der Waals surface area contributed by atoms with Crippen LogP contribution in [0.15, 0.2) is 0 Å². The fourth-order valence-electron chi connectivity index (χ4n) is 0.713. The summed E-state index contributed by atoms with van der Waals surface area (Å²) in [5, 5.41) is 17.4. The first-order chi connectivity index (χ1) is 11.8. The van der Waals surface area contributed by atoms with Gasteiger partial charge in [0.1, 0.15) is 6.11 Å². The molecule has 3 heteroatoms. The maximum Gasteiger partial charge on any atom is 0.156 e. The number of ether oxygens (including phenoxy) is 1. The van der Waals surface area contributed by atoms with E-state index in [2.05, 4.69) is 101 Å². The van der Waals surface area contributed by atoms with Crippen LogP contribution in [0.1, 0.15) is 0 Å². The standard InChI is InChI=1S/C21H8O3/c1-2-3-4-5-6-7-8-9-10-11-12-13-14-15-16-17-18-24-21(19-22)20-23/h1,21-23H,19-20H2. The zero-order valence-electron chi connectivity index (χ0n) is 12.4. The second kappa shape index (κ2) is 16.8. The van der Waals surface area contributed by atoms with Crippen LogP contribution in [0.3, 0.4) is 0 Å². The summed E-state index contributed by atoms with van der Waals surface area (Å²) in [4.78, 5) is 0. The highest BCUT2D eigenvalue weighted by Gasteiger charge is 2.02. The van der Waals surface area contributed by atoms with E-state index in [0.717, 1.165) is 0 Å². The Morgan fingerprint density at radius 2 is 0.917 bits per heavy atom. The second-order valence-electron chi connectivity index (χ2n) is 3.23. The predicted molar refractivity (Wildman–Crippen MR) is 90.1 cm³/mol. The molecule has 3 nitrogen and oxygen atoms in total. The first kappa shape index (κ1) is 19.8. The van der Waals surface area contributed by atoms with Crippen molar-refractivity contribution in [2.24, 2.45) is 0 Å². The Labute approximate surface area is 142 Å². The van der Waals surface area contributed by atoms with Crippen LogP contribution in [0.25, 0.3) is 0 Å². The SMILES string of the molecule is C#CC#CC#CC#CC#CC#CC#CC#CC#COC(CO)CO. The van der Waals surface area contributed by atoms with Crippen molar-refractivity contribution in [3.8, 4) is 107 Å². The van der Waals surface area contributed by atoms with Crippen molar-refractivity contribution in [3.05, 3.63) is 0 Å². The van der Waals surface area contributed by atoms with Crippen LogP contribution in [-0.2, 0) is 4.74 Å². The minimum atomic E-state index is -0.736. The molecule has 0 aromatic rings. The van der Waals surface area contributed by atoms with E-state index in [9.17, 15) is 0 Å². The second-order valence-corrected chi connectivity index (χ2v) is 3.23. The van der Waals surface area contributed by atoms with Crippen LogP contribution in [0.2, 0.25) is 0 Å². The van der Waals surface area contributed by atoms with Crippen LogP contribution in [0, 0.1) is 107 Å². The zero-order valence-corrected chi connectivity index (χ0v) is 12.4. The smallest absolute Gasteiger partial charge is 0.156 e. The number of aliphatic hydroxyl groups is 2. The van der Waals surface area contributed by atoms with Gasteiger partial charge in [-0.1, -0.05) is 0 Å². The molecule has 0 radical (unpaired) electrons. The van der Waals surface area contributed by atoms with Gasteiger partial charge in [0.25, 0.3) is 0 Å². The van der Waals surface area contributed by atoms with E-state index in [1.165, 1.54) is 0 Å². The minimum absolute atomic E-state index is 0.328. The molecule has 0 fully saturated rings. The van der Waals surface area contributed by atoms with Gasteiger partial charge in [-0.25, -0.2) is 0 Å². The molecule has 24 heavy (non-hydrogen) atoms. The fraction of sp³-hybridized carbons (Fsp3) is 0.143. The summed E-state index contributed by atoms with van der Waals surface area (Å²) in [6.45, 7) is -0.655. The lowest BCUT2D eigenvalue weighted by molar-refractivity contribution is 0.0435. The topological polar surface area (TPSA) is 49.7 Å². The summed E-state index contributed by atoms with van der Waals surface area (Å²) in [5.41, 5.74) is 0. The molecule has 0 saturated heterocycles. The van der Waals surface area contributed by atoms with Crippen molar-refractivity contribution in [1.82, 2.24) is 0 Å². The monoisotopic (exact) mass is 308 g/mol. The maximum atomic E-state index is 8.70. The van der Waals surface area contributed by atoms with Crippen LogP contribution in [0.5, 0.6) is 0 Å². The molecular weight excluding hydrogens is 300 g/mol. The molecular formula is C21H8O3. The minimum Gasteiger partial charge on any atom is -0.438 e. The summed E-state index contributed by atoms with van der Waals surface area (Å²) in [5.74, 6) is 38.5. The number of terminal acetylenes is 1. The van der Waals surface area contributed by atoms with E-state index < -0.39 is 6.10 Å². The normalized spacial score (nSPS) is 5.58. The van der Waals surface area contributed by atoms with Gasteiger partial charge in [0.05, 0.1) is 13.2 Å². The van der Waals surface area contributed by atoms with Crippen LogP contribution in [-0.4, -0.2) is 29.5 Å². The Balaban J connectivity index is 4.31. The molecule has 0 saturated carbocycles. The molecule has 0 aliphatic heterocycles. The Morgan fingerprint density at radius 3 is 1.25 bits per heavy atom. The molecule has 0 amide bonds. The summed E-state index contributed by atoms with van der Waals surface area (Å²) in [6.07, 6.45) is 6.38. The summed E-state index contributed by atoms with van der Waals surface area (Å²) >= 11 is 0. The molecule has 0 aliphatic rings. The Morgan fingerprint density at radius 1 is 0.583 bits per heavy atom. The lowest BCUT2D eigenvalue weighted by atomic mass is 10.4. The molecule has 0 rings (SSSR count). The van der Waals surface area contributed by atoms with Crippen molar-refractivity contribution < 1.29 is 14.9 Å². The van der Waals surface area contributed by atoms with Crippen LogP contribution >= 0.6 is 0 Å². The summed E-state index contributed by atoms with van der Waals surface area (Å²) in [7, 11) is 0. The highest BCUT2D eigenvalue weighted by Crippen LogP contribution is 1.85. The summed E-state index contributed by atoms with van der Waals surface area (Å²) in [6, 6.07) is 0.